The van der Waals surface area contributed by atoms with Crippen molar-refractivity contribution in [3.8, 4) is 44.5 Å². The fourth-order valence-electron chi connectivity index (χ4n) is 6.55. The predicted molar refractivity (Wildman–Crippen MR) is 175 cm³/mol. The van der Waals surface area contributed by atoms with Crippen molar-refractivity contribution in [2.45, 2.75) is 19.3 Å². The highest BCUT2D eigenvalue weighted by Crippen LogP contribution is 2.50. The molecule has 0 radical (unpaired) electrons. The lowest BCUT2D eigenvalue weighted by atomic mass is 9.81. The van der Waals surface area contributed by atoms with E-state index in [1.807, 2.05) is 30.3 Å². The minimum absolute atomic E-state index is 0.203. The van der Waals surface area contributed by atoms with Crippen molar-refractivity contribution in [2.24, 2.45) is 0 Å². The Morgan fingerprint density at radius 3 is 1.63 bits per heavy atom. The van der Waals surface area contributed by atoms with E-state index in [4.69, 9.17) is 8.22 Å². The van der Waals surface area contributed by atoms with Crippen LogP contribution in [-0.4, -0.2) is 0 Å². The van der Waals surface area contributed by atoms with Gasteiger partial charge in [-0.05, 0) is 89.3 Å². The third-order valence-corrected chi connectivity index (χ3v) is 8.51. The lowest BCUT2D eigenvalue weighted by Gasteiger charge is -2.22. The SMILES string of the molecule is [2H]c1c([2H])c([2H])c2c(-c3cccc(-c4ccc5c(c4)C(C)(C)c4ccccc4-5)c3)c3c([2H])c([2H])c([2H])c([2H])c3c(-c3ccccc3)c2c1[2H]. The Balaban J connectivity index is 1.49. The summed E-state index contributed by atoms with van der Waals surface area (Å²) >= 11 is 0. The van der Waals surface area contributed by atoms with Gasteiger partial charge in [0.25, 0.3) is 0 Å². The molecule has 1 aliphatic carbocycles. The Morgan fingerprint density at radius 2 is 0.951 bits per heavy atom. The maximum Gasteiger partial charge on any atom is 0.0629 e. The Kier molecular flexibility index (Phi) is 3.75. The second-order valence-electron chi connectivity index (χ2n) is 11.1. The molecule has 0 heteroatoms. The molecule has 0 spiro atoms. The lowest BCUT2D eigenvalue weighted by molar-refractivity contribution is 0.660. The molecule has 1 aliphatic rings. The summed E-state index contributed by atoms with van der Waals surface area (Å²) in [6.45, 7) is 4.45. The second-order valence-corrected chi connectivity index (χ2v) is 11.1. The third-order valence-electron chi connectivity index (χ3n) is 8.51. The van der Waals surface area contributed by atoms with Gasteiger partial charge in [-0.1, -0.05) is 147 Å². The van der Waals surface area contributed by atoms with E-state index in [0.29, 0.717) is 22.3 Å². The minimum atomic E-state index is -0.408. The van der Waals surface area contributed by atoms with Crippen LogP contribution < -0.4 is 0 Å². The van der Waals surface area contributed by atoms with Gasteiger partial charge < -0.3 is 0 Å². The Morgan fingerprint density at radius 1 is 0.439 bits per heavy atom. The molecule has 0 N–H and O–H groups in total. The molecule has 41 heavy (non-hydrogen) atoms. The standard InChI is InChI=1S/C41H30/c1-41(2)37-22-11-10-17-31(37)32-24-23-29(26-38(32)41)28-15-12-16-30(25-28)40-35-20-8-6-18-33(35)39(27-13-4-3-5-14-27)34-19-7-9-21-36(34)40/h3-26H,1-2H3/i6D,7D,8D,9D,18D,19D,20D,21D. The van der Waals surface area contributed by atoms with E-state index in [1.165, 1.54) is 22.3 Å². The van der Waals surface area contributed by atoms with Crippen molar-refractivity contribution in [2.75, 3.05) is 0 Å². The maximum absolute atomic E-state index is 9.20. The van der Waals surface area contributed by atoms with Gasteiger partial charge in [0.1, 0.15) is 0 Å². The van der Waals surface area contributed by atoms with Gasteiger partial charge in [0.2, 0.25) is 0 Å². The van der Waals surface area contributed by atoms with Gasteiger partial charge in [-0.25, -0.2) is 0 Å². The first-order valence-electron chi connectivity index (χ1n) is 17.8. The van der Waals surface area contributed by atoms with E-state index in [9.17, 15) is 2.74 Å². The average molecular weight is 531 g/mol. The minimum Gasteiger partial charge on any atom is -0.0622 e. The van der Waals surface area contributed by atoms with Crippen molar-refractivity contribution >= 4 is 21.5 Å². The molecule has 0 saturated heterocycles. The Bertz CT molecular complexity index is 2470. The summed E-state index contributed by atoms with van der Waals surface area (Å²) in [6.07, 6.45) is 0. The van der Waals surface area contributed by atoms with E-state index < -0.39 is 24.2 Å². The molecule has 0 heterocycles. The van der Waals surface area contributed by atoms with Crippen LogP contribution in [0.4, 0.5) is 0 Å². The Labute approximate surface area is 252 Å². The first kappa shape index (κ1) is 17.0. The van der Waals surface area contributed by atoms with Crippen LogP contribution in [0.3, 0.4) is 0 Å². The van der Waals surface area contributed by atoms with Gasteiger partial charge in [-0.2, -0.15) is 0 Å². The topological polar surface area (TPSA) is 0 Å². The molecule has 0 fully saturated rings. The van der Waals surface area contributed by atoms with Gasteiger partial charge in [-0.3, -0.25) is 0 Å². The molecule has 7 aromatic rings. The highest BCUT2D eigenvalue weighted by atomic mass is 14.4. The van der Waals surface area contributed by atoms with Gasteiger partial charge in [0.05, 0.1) is 11.0 Å². The Hall–Kier alpha value is -4.94. The second kappa shape index (κ2) is 9.04. The average Bonchev–Trinajstić information content (AvgIpc) is 3.36. The van der Waals surface area contributed by atoms with Crippen LogP contribution in [0.15, 0.2) is 145 Å². The van der Waals surface area contributed by atoms with Gasteiger partial charge in [0, 0.05) is 5.41 Å². The molecule has 0 amide bonds. The number of benzene rings is 7. The molecule has 0 saturated carbocycles. The van der Waals surface area contributed by atoms with E-state index in [-0.39, 0.29) is 51.1 Å². The first-order chi connectivity index (χ1) is 23.4. The van der Waals surface area contributed by atoms with E-state index in [1.54, 1.807) is 24.3 Å². The normalized spacial score (nSPS) is 16.0. The summed E-state index contributed by atoms with van der Waals surface area (Å²) in [5.74, 6) is 0. The molecule has 7 aromatic carbocycles. The van der Waals surface area contributed by atoms with E-state index in [0.717, 1.165) is 11.1 Å². The number of rotatable bonds is 3. The first-order valence-corrected chi connectivity index (χ1v) is 13.8. The van der Waals surface area contributed by atoms with Crippen molar-refractivity contribution in [3.05, 3.63) is 157 Å². The fourth-order valence-corrected chi connectivity index (χ4v) is 6.55. The monoisotopic (exact) mass is 530 g/mol. The maximum atomic E-state index is 9.20. The van der Waals surface area contributed by atoms with Crippen LogP contribution in [0.1, 0.15) is 35.9 Å². The molecule has 0 unspecified atom stereocenters. The summed E-state index contributed by atoms with van der Waals surface area (Å²) in [5, 5.41) is 0.856. The molecule has 194 valence electrons. The number of fused-ring (bicyclic) bond motifs is 5. The van der Waals surface area contributed by atoms with Crippen LogP contribution in [0.5, 0.6) is 0 Å². The number of hydrogen-bond donors (Lipinski definition) is 0. The van der Waals surface area contributed by atoms with Crippen LogP contribution in [0, 0.1) is 0 Å². The van der Waals surface area contributed by atoms with Crippen molar-refractivity contribution in [1.29, 1.82) is 0 Å². The molecule has 0 aliphatic heterocycles. The number of hydrogen-bond acceptors (Lipinski definition) is 0. The molecule has 8 rings (SSSR count). The van der Waals surface area contributed by atoms with Crippen molar-refractivity contribution < 1.29 is 11.0 Å². The highest BCUT2D eigenvalue weighted by molar-refractivity contribution is 6.21. The smallest absolute Gasteiger partial charge is 0.0622 e. The van der Waals surface area contributed by atoms with Gasteiger partial charge in [0.15, 0.2) is 0 Å². The highest BCUT2D eigenvalue weighted by Gasteiger charge is 2.35. The van der Waals surface area contributed by atoms with E-state index >= 15 is 0 Å². The molecule has 0 atom stereocenters. The van der Waals surface area contributed by atoms with Crippen LogP contribution >= 0.6 is 0 Å². The summed E-state index contributed by atoms with van der Waals surface area (Å²) in [7, 11) is 0. The van der Waals surface area contributed by atoms with Crippen LogP contribution in [-0.2, 0) is 5.41 Å². The summed E-state index contributed by atoms with van der Waals surface area (Å²) < 4.78 is 71.2. The zero-order valence-corrected chi connectivity index (χ0v) is 22.7. The fraction of sp³-hybridized carbons (Fsp3) is 0.0732. The third kappa shape index (κ3) is 3.61. The quantitative estimate of drug-likeness (QED) is 0.199. The molecule has 0 aromatic heterocycles. The predicted octanol–water partition coefficient (Wildman–Crippen LogP) is 11.3. The molecule has 0 nitrogen and oxygen atoms in total. The van der Waals surface area contributed by atoms with Crippen molar-refractivity contribution in [1.82, 2.24) is 0 Å². The zero-order valence-electron chi connectivity index (χ0n) is 30.7. The lowest BCUT2D eigenvalue weighted by Crippen LogP contribution is -2.14. The van der Waals surface area contributed by atoms with Crippen LogP contribution in [0.25, 0.3) is 66.1 Å². The van der Waals surface area contributed by atoms with E-state index in [2.05, 4.69) is 56.3 Å². The summed E-state index contributed by atoms with van der Waals surface area (Å²) in [4.78, 5) is 0. The molecule has 0 bridgehead atoms. The van der Waals surface area contributed by atoms with Gasteiger partial charge >= 0.3 is 0 Å². The molecular formula is C41H30. The summed E-state index contributed by atoms with van der Waals surface area (Å²) in [5.41, 5.74) is 8.43. The van der Waals surface area contributed by atoms with Crippen molar-refractivity contribution in [3.63, 3.8) is 0 Å². The van der Waals surface area contributed by atoms with Gasteiger partial charge in [-0.15, -0.1) is 0 Å². The largest absolute Gasteiger partial charge is 0.0629 e. The molecular weight excluding hydrogens is 492 g/mol. The zero-order chi connectivity index (χ0) is 34.5. The summed E-state index contributed by atoms with van der Waals surface area (Å²) in [6, 6.07) is 28.9. The van der Waals surface area contributed by atoms with Crippen LogP contribution in [0.2, 0.25) is 0 Å².